The lowest BCUT2D eigenvalue weighted by Crippen LogP contribution is -2.19. The molecule has 0 saturated heterocycles. The number of thiophene rings is 1. The van der Waals surface area contributed by atoms with Crippen molar-refractivity contribution in [3.8, 4) is 5.06 Å². The van der Waals surface area contributed by atoms with Gasteiger partial charge in [0.15, 0.2) is 5.78 Å². The topological polar surface area (TPSA) is 72.7 Å². The minimum absolute atomic E-state index is 0.140. The fraction of sp³-hybridized carbons (Fsp3) is 0.500. The van der Waals surface area contributed by atoms with Crippen molar-refractivity contribution in [2.45, 2.75) is 6.92 Å². The van der Waals surface area contributed by atoms with E-state index in [9.17, 15) is 14.9 Å². The van der Waals surface area contributed by atoms with Crippen LogP contribution in [0.15, 0.2) is 6.07 Å². The van der Waals surface area contributed by atoms with Crippen LogP contribution in [0, 0.1) is 10.1 Å². The predicted octanol–water partition coefficient (Wildman–Crippen LogP) is 1.80. The molecule has 1 aromatic heterocycles. The van der Waals surface area contributed by atoms with E-state index in [-0.39, 0.29) is 16.5 Å². The van der Waals surface area contributed by atoms with Crippen LogP contribution in [-0.4, -0.2) is 42.9 Å². The van der Waals surface area contributed by atoms with Crippen LogP contribution < -0.4 is 4.74 Å². The molecule has 0 aliphatic heterocycles. The second-order valence-electron chi connectivity index (χ2n) is 3.75. The Bertz CT molecular complexity index is 428. The summed E-state index contributed by atoms with van der Waals surface area (Å²) in [5, 5.41) is 11.0. The number of ether oxygens (including phenoxy) is 1. The highest BCUT2D eigenvalue weighted by Crippen LogP contribution is 2.36. The Labute approximate surface area is 103 Å². The summed E-state index contributed by atoms with van der Waals surface area (Å²) >= 11 is 1.02. The van der Waals surface area contributed by atoms with Crippen LogP contribution in [0.1, 0.15) is 16.6 Å². The Hall–Kier alpha value is -1.47. The fourth-order valence-corrected chi connectivity index (χ4v) is 1.98. The molecule has 17 heavy (non-hydrogen) atoms. The van der Waals surface area contributed by atoms with Crippen LogP contribution in [-0.2, 0) is 0 Å². The summed E-state index contributed by atoms with van der Waals surface area (Å²) in [5.41, 5.74) is -0.140. The van der Waals surface area contributed by atoms with Gasteiger partial charge in [-0.15, -0.1) is 0 Å². The Morgan fingerprint density at radius 1 is 1.59 bits per heavy atom. The smallest absolute Gasteiger partial charge is 0.323 e. The SMILES string of the molecule is CC(=O)c1cc([N+](=O)[O-])c(OCCN(C)C)s1. The number of rotatable bonds is 6. The van der Waals surface area contributed by atoms with E-state index in [1.54, 1.807) is 0 Å². The maximum atomic E-state index is 11.1. The summed E-state index contributed by atoms with van der Waals surface area (Å²) in [6.07, 6.45) is 0. The quantitative estimate of drug-likeness (QED) is 0.442. The van der Waals surface area contributed by atoms with Gasteiger partial charge in [-0.2, -0.15) is 0 Å². The lowest BCUT2D eigenvalue weighted by atomic mass is 10.3. The number of nitro groups is 1. The van der Waals surface area contributed by atoms with E-state index in [2.05, 4.69) is 0 Å². The van der Waals surface area contributed by atoms with Crippen molar-refractivity contribution in [3.05, 3.63) is 21.1 Å². The molecule has 0 radical (unpaired) electrons. The molecule has 0 unspecified atom stereocenters. The number of carbonyl (C=O) groups is 1. The molecule has 1 aromatic rings. The molecule has 1 rings (SSSR count). The Balaban J connectivity index is 2.81. The van der Waals surface area contributed by atoms with Crippen molar-refractivity contribution in [1.82, 2.24) is 4.90 Å². The first kappa shape index (κ1) is 13.6. The first-order chi connectivity index (χ1) is 7.91. The molecule has 0 fully saturated rings. The number of likely N-dealkylation sites (N-methyl/N-ethyl adjacent to an activating group) is 1. The maximum Gasteiger partial charge on any atom is 0.323 e. The van der Waals surface area contributed by atoms with E-state index in [1.165, 1.54) is 13.0 Å². The number of hydrogen-bond acceptors (Lipinski definition) is 6. The molecule has 7 heteroatoms. The van der Waals surface area contributed by atoms with Gasteiger partial charge in [-0.05, 0) is 21.0 Å². The first-order valence-electron chi connectivity index (χ1n) is 4.98. The number of nitrogens with zero attached hydrogens (tertiary/aromatic N) is 2. The second kappa shape index (κ2) is 5.74. The van der Waals surface area contributed by atoms with E-state index >= 15 is 0 Å². The summed E-state index contributed by atoms with van der Waals surface area (Å²) in [5.74, 6) is -0.194. The van der Waals surface area contributed by atoms with Gasteiger partial charge < -0.3 is 9.64 Å². The van der Waals surface area contributed by atoms with E-state index < -0.39 is 4.92 Å². The van der Waals surface area contributed by atoms with Crippen LogP contribution in [0.4, 0.5) is 5.69 Å². The van der Waals surface area contributed by atoms with Crippen molar-refractivity contribution in [3.63, 3.8) is 0 Å². The average molecular weight is 258 g/mol. The highest BCUT2D eigenvalue weighted by atomic mass is 32.1. The van der Waals surface area contributed by atoms with Gasteiger partial charge in [0.05, 0.1) is 9.80 Å². The molecule has 6 nitrogen and oxygen atoms in total. The summed E-state index contributed by atoms with van der Waals surface area (Å²) in [6.45, 7) is 2.38. The third-order valence-electron chi connectivity index (χ3n) is 1.99. The monoisotopic (exact) mass is 258 g/mol. The zero-order valence-corrected chi connectivity index (χ0v) is 10.7. The Morgan fingerprint density at radius 2 is 2.24 bits per heavy atom. The van der Waals surface area contributed by atoms with Crippen LogP contribution in [0.3, 0.4) is 0 Å². The highest BCUT2D eigenvalue weighted by Gasteiger charge is 2.22. The predicted molar refractivity (Wildman–Crippen MR) is 65.0 cm³/mol. The summed E-state index contributed by atoms with van der Waals surface area (Å²) in [7, 11) is 3.76. The van der Waals surface area contributed by atoms with Crippen LogP contribution in [0.2, 0.25) is 0 Å². The third kappa shape index (κ3) is 3.79. The molecule has 0 spiro atoms. The van der Waals surface area contributed by atoms with Gasteiger partial charge in [-0.3, -0.25) is 14.9 Å². The van der Waals surface area contributed by atoms with Gasteiger partial charge in [0.1, 0.15) is 6.61 Å². The van der Waals surface area contributed by atoms with E-state index in [1.807, 2.05) is 19.0 Å². The zero-order valence-electron chi connectivity index (χ0n) is 9.93. The summed E-state index contributed by atoms with van der Waals surface area (Å²) in [4.78, 5) is 23.6. The van der Waals surface area contributed by atoms with Gasteiger partial charge >= 0.3 is 5.69 Å². The summed E-state index contributed by atoms with van der Waals surface area (Å²) in [6, 6.07) is 1.26. The van der Waals surface area contributed by atoms with Crippen LogP contribution >= 0.6 is 11.3 Å². The molecule has 0 saturated carbocycles. The van der Waals surface area contributed by atoms with E-state index in [4.69, 9.17) is 4.74 Å². The van der Waals surface area contributed by atoms with Crippen molar-refractivity contribution in [1.29, 1.82) is 0 Å². The summed E-state index contributed by atoms with van der Waals surface area (Å²) < 4.78 is 5.32. The van der Waals surface area contributed by atoms with Gasteiger partial charge in [0.25, 0.3) is 5.06 Å². The first-order valence-corrected chi connectivity index (χ1v) is 5.80. The molecule has 0 aliphatic rings. The number of ketones is 1. The number of hydrogen-bond donors (Lipinski definition) is 0. The molecule has 0 bridgehead atoms. The molecule has 0 aromatic carbocycles. The van der Waals surface area contributed by atoms with Crippen LogP contribution in [0.5, 0.6) is 5.06 Å². The van der Waals surface area contributed by atoms with Crippen molar-refractivity contribution >= 4 is 22.8 Å². The van der Waals surface area contributed by atoms with Crippen molar-refractivity contribution < 1.29 is 14.5 Å². The molecule has 0 aliphatic carbocycles. The number of Topliss-reactive ketones (excluding diaryl/α,β-unsaturated/α-hetero) is 1. The van der Waals surface area contributed by atoms with Gasteiger partial charge in [-0.25, -0.2) is 0 Å². The number of carbonyl (C=O) groups excluding carboxylic acids is 1. The molecule has 94 valence electrons. The third-order valence-corrected chi connectivity index (χ3v) is 3.13. The maximum absolute atomic E-state index is 11.1. The normalized spacial score (nSPS) is 10.6. The van der Waals surface area contributed by atoms with Crippen molar-refractivity contribution in [2.75, 3.05) is 27.2 Å². The molecule has 1 heterocycles. The molecular weight excluding hydrogens is 244 g/mol. The second-order valence-corrected chi connectivity index (χ2v) is 4.76. The highest BCUT2D eigenvalue weighted by molar-refractivity contribution is 7.16. The molecule has 0 N–H and O–H groups in total. The minimum Gasteiger partial charge on any atom is -0.478 e. The van der Waals surface area contributed by atoms with Gasteiger partial charge in [0.2, 0.25) is 0 Å². The fourth-order valence-electron chi connectivity index (χ4n) is 1.09. The molecular formula is C10H14N2O4S. The molecule has 0 amide bonds. The standard InChI is InChI=1S/C10H14N2O4S/c1-7(13)9-6-8(12(14)15)10(17-9)16-5-4-11(2)3/h6H,4-5H2,1-3H3. The lowest BCUT2D eigenvalue weighted by Gasteiger charge is -2.09. The van der Waals surface area contributed by atoms with Gasteiger partial charge in [-0.1, -0.05) is 11.3 Å². The zero-order chi connectivity index (χ0) is 13.0. The Kier molecular flexibility index (Phi) is 4.59. The van der Waals surface area contributed by atoms with Crippen molar-refractivity contribution in [2.24, 2.45) is 0 Å². The Morgan fingerprint density at radius 3 is 2.71 bits per heavy atom. The molecule has 0 atom stereocenters. The van der Waals surface area contributed by atoms with E-state index in [0.29, 0.717) is 18.0 Å². The van der Waals surface area contributed by atoms with Crippen LogP contribution in [0.25, 0.3) is 0 Å². The minimum atomic E-state index is -0.534. The largest absolute Gasteiger partial charge is 0.478 e. The van der Waals surface area contributed by atoms with E-state index in [0.717, 1.165) is 11.3 Å². The average Bonchev–Trinajstić information content (AvgIpc) is 2.61. The van der Waals surface area contributed by atoms with Gasteiger partial charge in [0, 0.05) is 12.6 Å². The lowest BCUT2D eigenvalue weighted by molar-refractivity contribution is -0.385.